The van der Waals surface area contributed by atoms with E-state index in [0.29, 0.717) is 37.6 Å². The summed E-state index contributed by atoms with van der Waals surface area (Å²) in [5.74, 6) is -0.166. The van der Waals surface area contributed by atoms with Gasteiger partial charge in [-0.25, -0.2) is 13.4 Å². The standard InChI is InChI=1S/C18H17N5O3S/c19-12-15-11-18(16-3-1-2-4-17(16)20-15)22-6-8-23(9-7-22)27(24,25)13-14-5-10-26-21-14/h1-5,10-11H,6-9,13H2. The predicted octanol–water partition coefficient (Wildman–Crippen LogP) is 1.75. The lowest BCUT2D eigenvalue weighted by molar-refractivity contribution is 0.382. The van der Waals surface area contributed by atoms with Gasteiger partial charge in [-0.2, -0.15) is 9.57 Å². The van der Waals surface area contributed by atoms with E-state index in [0.717, 1.165) is 16.6 Å². The number of aromatic nitrogens is 2. The highest BCUT2D eigenvalue weighted by molar-refractivity contribution is 7.88. The summed E-state index contributed by atoms with van der Waals surface area (Å²) in [5, 5.41) is 13.9. The lowest BCUT2D eigenvalue weighted by Crippen LogP contribution is -2.49. The predicted molar refractivity (Wildman–Crippen MR) is 99.4 cm³/mol. The maximum atomic E-state index is 12.6. The van der Waals surface area contributed by atoms with Crippen molar-refractivity contribution in [2.24, 2.45) is 0 Å². The summed E-state index contributed by atoms with van der Waals surface area (Å²) in [6.07, 6.45) is 1.37. The minimum atomic E-state index is -3.45. The molecule has 1 fully saturated rings. The zero-order chi connectivity index (χ0) is 18.9. The summed E-state index contributed by atoms with van der Waals surface area (Å²) in [6, 6.07) is 13.1. The van der Waals surface area contributed by atoms with Crippen LogP contribution in [-0.2, 0) is 15.8 Å². The van der Waals surface area contributed by atoms with Gasteiger partial charge in [0.25, 0.3) is 0 Å². The second-order valence-electron chi connectivity index (χ2n) is 6.29. The SMILES string of the molecule is N#Cc1cc(N2CCN(S(=O)(=O)Cc3ccon3)CC2)c2ccccc2n1. The highest BCUT2D eigenvalue weighted by Gasteiger charge is 2.28. The number of hydrogen-bond donors (Lipinski definition) is 0. The van der Waals surface area contributed by atoms with Gasteiger partial charge in [0.1, 0.15) is 23.8 Å². The molecule has 0 saturated carbocycles. The molecule has 1 aromatic carbocycles. The molecule has 2 aromatic heterocycles. The van der Waals surface area contributed by atoms with Crippen LogP contribution in [0.5, 0.6) is 0 Å². The van der Waals surface area contributed by atoms with Crippen molar-refractivity contribution in [2.45, 2.75) is 5.75 Å². The topological polar surface area (TPSA) is 103 Å². The van der Waals surface area contributed by atoms with Crippen LogP contribution >= 0.6 is 0 Å². The first-order valence-corrected chi connectivity index (χ1v) is 10.1. The van der Waals surface area contributed by atoms with Crippen molar-refractivity contribution in [1.82, 2.24) is 14.4 Å². The lowest BCUT2D eigenvalue weighted by Gasteiger charge is -2.35. The molecule has 138 valence electrons. The van der Waals surface area contributed by atoms with Gasteiger partial charge in [-0.15, -0.1) is 0 Å². The normalized spacial score (nSPS) is 15.7. The highest BCUT2D eigenvalue weighted by Crippen LogP contribution is 2.28. The molecule has 0 N–H and O–H groups in total. The Kier molecular flexibility index (Phi) is 4.51. The molecule has 0 spiro atoms. The summed E-state index contributed by atoms with van der Waals surface area (Å²) in [6.45, 7) is 1.82. The third-order valence-corrected chi connectivity index (χ3v) is 6.42. The van der Waals surface area contributed by atoms with E-state index in [1.54, 1.807) is 12.1 Å². The average Bonchev–Trinajstić information content (AvgIpc) is 3.19. The molecule has 27 heavy (non-hydrogen) atoms. The molecule has 0 unspecified atom stereocenters. The minimum absolute atomic E-state index is 0.166. The number of nitrogens with zero attached hydrogens (tertiary/aromatic N) is 5. The summed E-state index contributed by atoms with van der Waals surface area (Å²) < 4.78 is 31.4. The Morgan fingerprint density at radius 3 is 2.63 bits per heavy atom. The Balaban J connectivity index is 1.55. The first-order chi connectivity index (χ1) is 13.1. The van der Waals surface area contributed by atoms with E-state index in [9.17, 15) is 13.7 Å². The first-order valence-electron chi connectivity index (χ1n) is 8.49. The zero-order valence-corrected chi connectivity index (χ0v) is 15.3. The van der Waals surface area contributed by atoms with Crippen LogP contribution in [0.1, 0.15) is 11.4 Å². The number of piperazine rings is 1. The van der Waals surface area contributed by atoms with Crippen molar-refractivity contribution >= 4 is 26.6 Å². The van der Waals surface area contributed by atoms with E-state index >= 15 is 0 Å². The Morgan fingerprint density at radius 2 is 1.93 bits per heavy atom. The van der Waals surface area contributed by atoms with Gasteiger partial charge < -0.3 is 9.42 Å². The molecule has 3 heterocycles. The number of anilines is 1. The second-order valence-corrected chi connectivity index (χ2v) is 8.26. The highest BCUT2D eigenvalue weighted by atomic mass is 32.2. The lowest BCUT2D eigenvalue weighted by atomic mass is 10.1. The van der Waals surface area contributed by atoms with Gasteiger partial charge in [0, 0.05) is 43.3 Å². The molecule has 9 heteroatoms. The number of sulfonamides is 1. The van der Waals surface area contributed by atoms with Crippen LogP contribution in [0.3, 0.4) is 0 Å². The van der Waals surface area contributed by atoms with Crippen LogP contribution in [0, 0.1) is 11.3 Å². The van der Waals surface area contributed by atoms with Gasteiger partial charge in [-0.3, -0.25) is 0 Å². The van der Waals surface area contributed by atoms with E-state index in [1.165, 1.54) is 10.6 Å². The Hall–Kier alpha value is -2.96. The smallest absolute Gasteiger partial charge is 0.220 e. The fraction of sp³-hybridized carbons (Fsp3) is 0.278. The van der Waals surface area contributed by atoms with Crippen LogP contribution < -0.4 is 4.90 Å². The maximum absolute atomic E-state index is 12.6. The van der Waals surface area contributed by atoms with Crippen LogP contribution in [0.15, 0.2) is 47.2 Å². The number of benzene rings is 1. The molecule has 4 rings (SSSR count). The maximum Gasteiger partial charge on any atom is 0.220 e. The van der Waals surface area contributed by atoms with Crippen molar-refractivity contribution in [3.05, 3.63) is 54.0 Å². The third-order valence-electron chi connectivity index (χ3n) is 4.60. The first kappa shape index (κ1) is 17.5. The van der Waals surface area contributed by atoms with Crippen LogP contribution in [0.25, 0.3) is 10.9 Å². The molecule has 1 saturated heterocycles. The molecule has 1 aliphatic rings. The minimum Gasteiger partial charge on any atom is -0.368 e. The second kappa shape index (κ2) is 6.98. The number of rotatable bonds is 4. The van der Waals surface area contributed by atoms with Gasteiger partial charge in [0.15, 0.2) is 0 Å². The van der Waals surface area contributed by atoms with Crippen molar-refractivity contribution in [2.75, 3.05) is 31.1 Å². The summed E-state index contributed by atoms with van der Waals surface area (Å²) in [5.41, 5.74) is 2.42. The van der Waals surface area contributed by atoms with E-state index in [-0.39, 0.29) is 5.75 Å². The van der Waals surface area contributed by atoms with E-state index in [2.05, 4.69) is 21.1 Å². The molecule has 0 amide bonds. The molecule has 0 aliphatic carbocycles. The molecule has 0 radical (unpaired) electrons. The van der Waals surface area contributed by atoms with Gasteiger partial charge in [0.05, 0.1) is 11.2 Å². The number of hydrogen-bond acceptors (Lipinski definition) is 7. The van der Waals surface area contributed by atoms with Crippen molar-refractivity contribution in [3.8, 4) is 6.07 Å². The van der Waals surface area contributed by atoms with Crippen LogP contribution in [-0.4, -0.2) is 49.0 Å². The monoisotopic (exact) mass is 383 g/mol. The molecule has 0 bridgehead atoms. The van der Waals surface area contributed by atoms with Gasteiger partial charge in [0.2, 0.25) is 10.0 Å². The Bertz CT molecular complexity index is 1100. The number of fused-ring (bicyclic) bond motifs is 1. The molecule has 1 aliphatic heterocycles. The van der Waals surface area contributed by atoms with Crippen molar-refractivity contribution in [1.29, 1.82) is 5.26 Å². The number of para-hydroxylation sites is 1. The van der Waals surface area contributed by atoms with E-state index in [4.69, 9.17) is 4.52 Å². The average molecular weight is 383 g/mol. The fourth-order valence-corrected chi connectivity index (χ4v) is 4.70. The largest absolute Gasteiger partial charge is 0.368 e. The molecule has 8 nitrogen and oxygen atoms in total. The Morgan fingerprint density at radius 1 is 1.15 bits per heavy atom. The summed E-state index contributed by atoms with van der Waals surface area (Å²) in [4.78, 5) is 6.44. The van der Waals surface area contributed by atoms with E-state index < -0.39 is 10.0 Å². The summed E-state index contributed by atoms with van der Waals surface area (Å²) >= 11 is 0. The zero-order valence-electron chi connectivity index (χ0n) is 14.4. The Labute approximate surface area is 156 Å². The quantitative estimate of drug-likeness (QED) is 0.676. The number of pyridine rings is 1. The van der Waals surface area contributed by atoms with Crippen molar-refractivity contribution in [3.63, 3.8) is 0 Å². The van der Waals surface area contributed by atoms with E-state index in [1.807, 2.05) is 24.3 Å². The van der Waals surface area contributed by atoms with Crippen LogP contribution in [0.2, 0.25) is 0 Å². The third kappa shape index (κ3) is 3.49. The molecular formula is C18H17N5O3S. The van der Waals surface area contributed by atoms with Crippen molar-refractivity contribution < 1.29 is 12.9 Å². The molecule has 0 atom stereocenters. The fourth-order valence-electron chi connectivity index (χ4n) is 3.27. The van der Waals surface area contributed by atoms with Gasteiger partial charge >= 0.3 is 0 Å². The molecular weight excluding hydrogens is 366 g/mol. The summed E-state index contributed by atoms with van der Waals surface area (Å²) in [7, 11) is -3.45. The van der Waals surface area contributed by atoms with Crippen LogP contribution in [0.4, 0.5) is 5.69 Å². The van der Waals surface area contributed by atoms with Gasteiger partial charge in [-0.05, 0) is 12.1 Å². The number of nitriles is 1. The van der Waals surface area contributed by atoms with Gasteiger partial charge in [-0.1, -0.05) is 23.4 Å². The molecule has 3 aromatic rings.